The van der Waals surface area contributed by atoms with Crippen molar-refractivity contribution < 1.29 is 23.4 Å². The minimum atomic E-state index is -0.876. The monoisotopic (exact) mass is 513 g/mol. The Kier molecular flexibility index (Phi) is 7.13. The second kappa shape index (κ2) is 10.3. The fraction of sp³-hybridized carbons (Fsp3) is 0.519. The number of anilines is 2. The SMILES string of the molecule is COC1CC(Nc2nc3cc(CC(C)(C)O)ncc3nc2N2CCC(Oc3ccc(F)cc3F)CC2)C1. The summed E-state index contributed by atoms with van der Waals surface area (Å²) < 4.78 is 38.5. The number of pyridine rings is 1. The number of rotatable bonds is 8. The third-order valence-electron chi connectivity index (χ3n) is 6.90. The van der Waals surface area contributed by atoms with E-state index in [9.17, 15) is 13.9 Å². The van der Waals surface area contributed by atoms with Gasteiger partial charge < -0.3 is 24.8 Å². The van der Waals surface area contributed by atoms with Gasteiger partial charge in [0.05, 0.1) is 23.4 Å². The molecule has 0 unspecified atom stereocenters. The Morgan fingerprint density at radius 3 is 2.51 bits per heavy atom. The Hall–Kier alpha value is -3.11. The van der Waals surface area contributed by atoms with E-state index in [1.54, 1.807) is 27.2 Å². The van der Waals surface area contributed by atoms with Gasteiger partial charge in [-0.2, -0.15) is 0 Å². The lowest BCUT2D eigenvalue weighted by Gasteiger charge is -2.37. The summed E-state index contributed by atoms with van der Waals surface area (Å²) in [6.07, 6.45) is 5.30. The highest BCUT2D eigenvalue weighted by Crippen LogP contribution is 2.33. The quantitative estimate of drug-likeness (QED) is 0.462. The number of aromatic nitrogens is 3. The minimum Gasteiger partial charge on any atom is -0.487 e. The van der Waals surface area contributed by atoms with Crippen molar-refractivity contribution in [3.63, 3.8) is 0 Å². The molecule has 5 rings (SSSR count). The molecule has 2 N–H and O–H groups in total. The van der Waals surface area contributed by atoms with Crippen LogP contribution in [0.1, 0.15) is 45.2 Å². The molecule has 198 valence electrons. The highest BCUT2D eigenvalue weighted by molar-refractivity contribution is 5.80. The Labute approximate surface area is 215 Å². The summed E-state index contributed by atoms with van der Waals surface area (Å²) in [7, 11) is 1.73. The second-order valence-corrected chi connectivity index (χ2v) is 10.6. The van der Waals surface area contributed by atoms with Crippen molar-refractivity contribution >= 4 is 22.7 Å². The molecule has 8 nitrogen and oxygen atoms in total. The lowest BCUT2D eigenvalue weighted by atomic mass is 9.89. The van der Waals surface area contributed by atoms with Crippen LogP contribution in [-0.4, -0.2) is 64.1 Å². The molecule has 0 bridgehead atoms. The molecule has 0 radical (unpaired) electrons. The maximum Gasteiger partial charge on any atom is 0.172 e. The van der Waals surface area contributed by atoms with E-state index in [-0.39, 0.29) is 24.0 Å². The first-order chi connectivity index (χ1) is 17.7. The van der Waals surface area contributed by atoms with Crippen LogP contribution in [0.2, 0.25) is 0 Å². The molecule has 1 saturated carbocycles. The average Bonchev–Trinajstić information content (AvgIpc) is 2.82. The summed E-state index contributed by atoms with van der Waals surface area (Å²) in [6, 6.07) is 5.49. The zero-order valence-corrected chi connectivity index (χ0v) is 21.4. The molecule has 2 aliphatic rings. The van der Waals surface area contributed by atoms with Gasteiger partial charge in [0.2, 0.25) is 0 Å². The summed E-state index contributed by atoms with van der Waals surface area (Å²) in [5.41, 5.74) is 1.27. The number of nitrogens with one attached hydrogen (secondary N) is 1. The lowest BCUT2D eigenvalue weighted by molar-refractivity contribution is 0.0328. The van der Waals surface area contributed by atoms with Crippen molar-refractivity contribution in [3.05, 3.63) is 47.8 Å². The van der Waals surface area contributed by atoms with Gasteiger partial charge in [0.1, 0.15) is 17.4 Å². The van der Waals surface area contributed by atoms with Gasteiger partial charge in [-0.25, -0.2) is 18.7 Å². The summed E-state index contributed by atoms with van der Waals surface area (Å²) in [5.74, 6) is 0.201. The van der Waals surface area contributed by atoms with Crippen LogP contribution in [0, 0.1) is 11.6 Å². The van der Waals surface area contributed by atoms with Crippen molar-refractivity contribution in [1.82, 2.24) is 15.0 Å². The fourth-order valence-electron chi connectivity index (χ4n) is 4.85. The number of piperidine rings is 1. The zero-order chi connectivity index (χ0) is 26.2. The molecule has 0 atom stereocenters. The number of ether oxygens (including phenoxy) is 2. The van der Waals surface area contributed by atoms with Crippen molar-refractivity contribution in [3.8, 4) is 5.75 Å². The summed E-state index contributed by atoms with van der Waals surface area (Å²) >= 11 is 0. The molecule has 1 saturated heterocycles. The van der Waals surface area contributed by atoms with E-state index in [2.05, 4.69) is 15.2 Å². The number of benzene rings is 1. The predicted molar refractivity (Wildman–Crippen MR) is 137 cm³/mol. The van der Waals surface area contributed by atoms with Crippen LogP contribution in [0.4, 0.5) is 20.4 Å². The molecule has 0 amide bonds. The third kappa shape index (κ3) is 6.07. The van der Waals surface area contributed by atoms with Crippen LogP contribution < -0.4 is 15.0 Å². The third-order valence-corrected chi connectivity index (χ3v) is 6.90. The van der Waals surface area contributed by atoms with Gasteiger partial charge >= 0.3 is 0 Å². The Balaban J connectivity index is 1.35. The largest absolute Gasteiger partial charge is 0.487 e. The summed E-state index contributed by atoms with van der Waals surface area (Å²) in [4.78, 5) is 16.5. The van der Waals surface area contributed by atoms with Crippen LogP contribution >= 0.6 is 0 Å². The highest BCUT2D eigenvalue weighted by atomic mass is 19.1. The van der Waals surface area contributed by atoms with Gasteiger partial charge in [-0.05, 0) is 44.9 Å². The number of halogens is 2. The average molecular weight is 514 g/mol. The number of fused-ring (bicyclic) bond motifs is 1. The zero-order valence-electron chi connectivity index (χ0n) is 21.4. The fourth-order valence-corrected chi connectivity index (χ4v) is 4.85. The molecular formula is C27H33F2N5O3. The van der Waals surface area contributed by atoms with E-state index in [0.29, 0.717) is 49.2 Å². The van der Waals surface area contributed by atoms with Crippen LogP contribution in [0.25, 0.3) is 11.0 Å². The normalized spacial score (nSPS) is 20.6. The topological polar surface area (TPSA) is 92.6 Å². The van der Waals surface area contributed by atoms with Gasteiger partial charge in [0, 0.05) is 57.3 Å². The van der Waals surface area contributed by atoms with Crippen molar-refractivity contribution in [2.45, 2.75) is 69.8 Å². The van der Waals surface area contributed by atoms with E-state index in [4.69, 9.17) is 19.4 Å². The molecule has 2 fully saturated rings. The molecule has 2 aromatic heterocycles. The Morgan fingerprint density at radius 1 is 1.08 bits per heavy atom. The first-order valence-corrected chi connectivity index (χ1v) is 12.7. The summed E-state index contributed by atoms with van der Waals surface area (Å²) in [6.45, 7) is 4.80. The van der Waals surface area contributed by atoms with Crippen molar-refractivity contribution in [2.24, 2.45) is 0 Å². The van der Waals surface area contributed by atoms with Crippen LogP contribution in [0.3, 0.4) is 0 Å². The van der Waals surface area contributed by atoms with Crippen LogP contribution in [-0.2, 0) is 11.2 Å². The van der Waals surface area contributed by atoms with Gasteiger partial charge in [-0.1, -0.05) is 0 Å². The molecule has 1 aliphatic heterocycles. The van der Waals surface area contributed by atoms with Gasteiger partial charge in [0.15, 0.2) is 23.2 Å². The van der Waals surface area contributed by atoms with Crippen molar-refractivity contribution in [1.29, 1.82) is 0 Å². The Bertz CT molecular complexity index is 1250. The maximum absolute atomic E-state index is 14.1. The molecule has 1 aromatic carbocycles. The molecular weight excluding hydrogens is 480 g/mol. The van der Waals surface area contributed by atoms with E-state index in [1.165, 1.54) is 12.1 Å². The van der Waals surface area contributed by atoms with Crippen molar-refractivity contribution in [2.75, 3.05) is 30.4 Å². The van der Waals surface area contributed by atoms with Gasteiger partial charge in [0.25, 0.3) is 0 Å². The first kappa shape index (κ1) is 25.5. The van der Waals surface area contributed by atoms with Crippen LogP contribution in [0.5, 0.6) is 5.75 Å². The number of methoxy groups -OCH3 is 1. The van der Waals surface area contributed by atoms with E-state index < -0.39 is 17.2 Å². The number of hydrogen-bond donors (Lipinski definition) is 2. The van der Waals surface area contributed by atoms with Gasteiger partial charge in [-0.15, -0.1) is 0 Å². The number of aliphatic hydroxyl groups is 1. The van der Waals surface area contributed by atoms with E-state index in [1.807, 2.05) is 6.07 Å². The standard InChI is InChI=1S/C27H33F2N5O3/c1-27(2,35)14-18-13-22-23(15-30-18)33-26(25(32-22)31-17-11-20(12-17)36-3)34-8-6-19(7-9-34)37-24-5-4-16(28)10-21(24)29/h4-5,10,13,15,17,19-20,35H,6-9,11-12,14H2,1-3H3,(H,31,32). The first-order valence-electron chi connectivity index (χ1n) is 12.7. The molecule has 37 heavy (non-hydrogen) atoms. The number of hydrogen-bond acceptors (Lipinski definition) is 8. The smallest absolute Gasteiger partial charge is 0.172 e. The minimum absolute atomic E-state index is 0.0679. The lowest BCUT2D eigenvalue weighted by Crippen LogP contribution is -2.42. The summed E-state index contributed by atoms with van der Waals surface area (Å²) in [5, 5.41) is 13.8. The molecule has 1 aliphatic carbocycles. The maximum atomic E-state index is 14.1. The van der Waals surface area contributed by atoms with Crippen LogP contribution in [0.15, 0.2) is 30.5 Å². The molecule has 3 heterocycles. The Morgan fingerprint density at radius 2 is 1.84 bits per heavy atom. The molecule has 10 heteroatoms. The molecule has 3 aromatic rings. The highest BCUT2D eigenvalue weighted by Gasteiger charge is 2.32. The predicted octanol–water partition coefficient (Wildman–Crippen LogP) is 4.25. The second-order valence-electron chi connectivity index (χ2n) is 10.6. The number of nitrogens with zero attached hydrogens (tertiary/aromatic N) is 4. The van der Waals surface area contributed by atoms with Gasteiger partial charge in [-0.3, -0.25) is 4.98 Å². The van der Waals surface area contributed by atoms with E-state index >= 15 is 0 Å². The molecule has 0 spiro atoms. The van der Waals surface area contributed by atoms with E-state index in [0.717, 1.165) is 30.4 Å².